The maximum Gasteiger partial charge on any atom is 0.240 e. The van der Waals surface area contributed by atoms with Gasteiger partial charge in [0.2, 0.25) is 6.08 Å². The Kier molecular flexibility index (Phi) is 3.49. The third kappa shape index (κ3) is 2.21. The van der Waals surface area contributed by atoms with E-state index >= 15 is 0 Å². The molecule has 0 unspecified atom stereocenters. The summed E-state index contributed by atoms with van der Waals surface area (Å²) in [5.74, 6) is 0. The molecule has 2 rings (SSSR count). The standard InChI is InChI=1S/C13H8INO/c14-12-7-3-1-5-10(12)11-6-2-4-8-13(11)15-9-16/h1-8H. The van der Waals surface area contributed by atoms with E-state index in [0.717, 1.165) is 14.7 Å². The lowest BCUT2D eigenvalue weighted by atomic mass is 10.0. The van der Waals surface area contributed by atoms with Crippen LogP contribution in [0, 0.1) is 3.57 Å². The molecule has 2 aromatic rings. The van der Waals surface area contributed by atoms with Crippen LogP contribution in [-0.2, 0) is 4.79 Å². The normalized spacial score (nSPS) is 9.56. The average molecular weight is 321 g/mol. The number of aliphatic imine (C=N–C) groups is 1. The van der Waals surface area contributed by atoms with Crippen molar-refractivity contribution < 1.29 is 4.79 Å². The van der Waals surface area contributed by atoms with Crippen LogP contribution in [0.25, 0.3) is 11.1 Å². The molecule has 0 aliphatic carbocycles. The van der Waals surface area contributed by atoms with Gasteiger partial charge in [-0.2, -0.15) is 4.99 Å². The molecule has 16 heavy (non-hydrogen) atoms. The van der Waals surface area contributed by atoms with Crippen LogP contribution >= 0.6 is 22.6 Å². The average Bonchev–Trinajstić information content (AvgIpc) is 2.31. The molecule has 0 aromatic heterocycles. The summed E-state index contributed by atoms with van der Waals surface area (Å²) in [7, 11) is 0. The first-order valence-corrected chi connectivity index (χ1v) is 5.82. The SMILES string of the molecule is O=C=Nc1ccccc1-c1ccccc1I. The zero-order valence-corrected chi connectivity index (χ0v) is 10.5. The van der Waals surface area contributed by atoms with E-state index in [9.17, 15) is 4.79 Å². The first-order chi connectivity index (χ1) is 7.83. The number of rotatable bonds is 2. The number of benzene rings is 2. The van der Waals surface area contributed by atoms with E-state index in [0.29, 0.717) is 5.69 Å². The summed E-state index contributed by atoms with van der Waals surface area (Å²) in [6.07, 6.45) is 1.59. The highest BCUT2D eigenvalue weighted by Gasteiger charge is 2.06. The quantitative estimate of drug-likeness (QED) is 0.468. The van der Waals surface area contributed by atoms with Crippen LogP contribution in [0.1, 0.15) is 0 Å². The van der Waals surface area contributed by atoms with Gasteiger partial charge < -0.3 is 0 Å². The second-order valence-corrected chi connectivity index (χ2v) is 4.36. The number of nitrogens with zero attached hydrogens (tertiary/aromatic N) is 1. The molecule has 0 aliphatic heterocycles. The Bertz CT molecular complexity index is 559. The maximum absolute atomic E-state index is 10.3. The minimum Gasteiger partial charge on any atom is -0.211 e. The molecule has 0 heterocycles. The van der Waals surface area contributed by atoms with Crippen LogP contribution in [0.2, 0.25) is 0 Å². The predicted octanol–water partition coefficient (Wildman–Crippen LogP) is 3.93. The van der Waals surface area contributed by atoms with Crippen molar-refractivity contribution >= 4 is 34.4 Å². The molecule has 0 N–H and O–H groups in total. The Balaban J connectivity index is 2.64. The van der Waals surface area contributed by atoms with Gasteiger partial charge in [-0.05, 0) is 40.3 Å². The number of hydrogen-bond donors (Lipinski definition) is 0. The van der Waals surface area contributed by atoms with Crippen LogP contribution in [0.4, 0.5) is 5.69 Å². The summed E-state index contributed by atoms with van der Waals surface area (Å²) in [5.41, 5.74) is 2.69. The molecular formula is C13H8INO. The highest BCUT2D eigenvalue weighted by Crippen LogP contribution is 2.32. The highest BCUT2D eigenvalue weighted by atomic mass is 127. The molecule has 0 saturated carbocycles. The van der Waals surface area contributed by atoms with Crippen LogP contribution in [0.3, 0.4) is 0 Å². The van der Waals surface area contributed by atoms with E-state index in [4.69, 9.17) is 0 Å². The summed E-state index contributed by atoms with van der Waals surface area (Å²) in [6.45, 7) is 0. The highest BCUT2D eigenvalue weighted by molar-refractivity contribution is 14.1. The lowest BCUT2D eigenvalue weighted by Gasteiger charge is -2.06. The van der Waals surface area contributed by atoms with E-state index in [-0.39, 0.29) is 0 Å². The van der Waals surface area contributed by atoms with Crippen molar-refractivity contribution in [2.24, 2.45) is 4.99 Å². The summed E-state index contributed by atoms with van der Waals surface area (Å²) >= 11 is 2.27. The number of carbonyl (C=O) groups excluding carboxylic acids is 1. The molecule has 0 atom stereocenters. The first kappa shape index (κ1) is 11.0. The Morgan fingerprint density at radius 1 is 0.938 bits per heavy atom. The van der Waals surface area contributed by atoms with E-state index in [1.807, 2.05) is 48.5 Å². The van der Waals surface area contributed by atoms with Crippen molar-refractivity contribution in [3.63, 3.8) is 0 Å². The van der Waals surface area contributed by atoms with Gasteiger partial charge in [-0.3, -0.25) is 0 Å². The fraction of sp³-hybridized carbons (Fsp3) is 0. The summed E-state index contributed by atoms with van der Waals surface area (Å²) in [5, 5.41) is 0. The third-order valence-corrected chi connectivity index (χ3v) is 3.17. The second-order valence-electron chi connectivity index (χ2n) is 3.20. The fourth-order valence-electron chi connectivity index (χ4n) is 1.53. The van der Waals surface area contributed by atoms with Crippen LogP contribution in [-0.4, -0.2) is 6.08 Å². The molecule has 78 valence electrons. The molecule has 3 heteroatoms. The van der Waals surface area contributed by atoms with Crippen molar-refractivity contribution in [2.75, 3.05) is 0 Å². The topological polar surface area (TPSA) is 29.4 Å². The van der Waals surface area contributed by atoms with Gasteiger partial charge in [0.1, 0.15) is 0 Å². The molecule has 0 fully saturated rings. The van der Waals surface area contributed by atoms with Crippen molar-refractivity contribution in [2.45, 2.75) is 0 Å². The van der Waals surface area contributed by atoms with E-state index < -0.39 is 0 Å². The Morgan fingerprint density at radius 2 is 1.56 bits per heavy atom. The largest absolute Gasteiger partial charge is 0.240 e. The molecule has 0 saturated heterocycles. The number of halogens is 1. The van der Waals surface area contributed by atoms with Crippen LogP contribution in [0.5, 0.6) is 0 Å². The molecule has 0 spiro atoms. The van der Waals surface area contributed by atoms with Crippen LogP contribution in [0.15, 0.2) is 53.5 Å². The summed E-state index contributed by atoms with van der Waals surface area (Å²) in [6, 6.07) is 15.5. The van der Waals surface area contributed by atoms with Gasteiger partial charge in [0, 0.05) is 9.13 Å². The van der Waals surface area contributed by atoms with Gasteiger partial charge in [0.25, 0.3) is 0 Å². The molecule has 0 aliphatic rings. The van der Waals surface area contributed by atoms with Gasteiger partial charge in [-0.25, -0.2) is 4.79 Å². The van der Waals surface area contributed by atoms with Crippen LogP contribution < -0.4 is 0 Å². The monoisotopic (exact) mass is 321 g/mol. The molecule has 0 bridgehead atoms. The lowest BCUT2D eigenvalue weighted by Crippen LogP contribution is -1.82. The molecular weight excluding hydrogens is 313 g/mol. The second kappa shape index (κ2) is 5.05. The summed E-state index contributed by atoms with van der Waals surface area (Å²) in [4.78, 5) is 14.1. The van der Waals surface area contributed by atoms with E-state index in [1.165, 1.54) is 0 Å². The molecule has 0 amide bonds. The molecule has 2 aromatic carbocycles. The maximum atomic E-state index is 10.3. The number of hydrogen-bond acceptors (Lipinski definition) is 2. The predicted molar refractivity (Wildman–Crippen MR) is 72.4 cm³/mol. The van der Waals surface area contributed by atoms with Gasteiger partial charge >= 0.3 is 0 Å². The van der Waals surface area contributed by atoms with Gasteiger partial charge in [0.05, 0.1) is 5.69 Å². The van der Waals surface area contributed by atoms with Gasteiger partial charge in [-0.15, -0.1) is 0 Å². The minimum absolute atomic E-state index is 0.654. The Hall–Kier alpha value is -1.45. The first-order valence-electron chi connectivity index (χ1n) is 4.75. The van der Waals surface area contributed by atoms with Crippen molar-refractivity contribution in [1.82, 2.24) is 0 Å². The molecule has 2 nitrogen and oxygen atoms in total. The van der Waals surface area contributed by atoms with Crippen molar-refractivity contribution in [1.29, 1.82) is 0 Å². The zero-order valence-electron chi connectivity index (χ0n) is 8.35. The van der Waals surface area contributed by atoms with Crippen molar-refractivity contribution in [3.05, 3.63) is 52.1 Å². The van der Waals surface area contributed by atoms with Gasteiger partial charge in [-0.1, -0.05) is 36.4 Å². The third-order valence-electron chi connectivity index (χ3n) is 2.23. The Morgan fingerprint density at radius 3 is 2.25 bits per heavy atom. The lowest BCUT2D eigenvalue weighted by molar-refractivity contribution is 0.565. The smallest absolute Gasteiger partial charge is 0.211 e. The summed E-state index contributed by atoms with van der Waals surface area (Å²) < 4.78 is 1.13. The Labute approximate surface area is 107 Å². The zero-order chi connectivity index (χ0) is 11.4. The number of isocyanates is 1. The molecule has 0 radical (unpaired) electrons. The number of para-hydroxylation sites is 1. The van der Waals surface area contributed by atoms with E-state index in [2.05, 4.69) is 27.6 Å². The fourth-order valence-corrected chi connectivity index (χ4v) is 2.21. The minimum atomic E-state index is 0.654. The van der Waals surface area contributed by atoms with Gasteiger partial charge in [0.15, 0.2) is 0 Å². The van der Waals surface area contributed by atoms with Crippen molar-refractivity contribution in [3.8, 4) is 11.1 Å². The van der Waals surface area contributed by atoms with E-state index in [1.54, 1.807) is 6.08 Å².